The average Bonchev–Trinajstić information content (AvgIpc) is 2.77. The van der Waals surface area contributed by atoms with E-state index in [1.54, 1.807) is 6.08 Å². The van der Waals surface area contributed by atoms with Gasteiger partial charge in [-0.05, 0) is 80.8 Å². The first-order valence-electron chi connectivity index (χ1n) is 11.4. The predicted molar refractivity (Wildman–Crippen MR) is 119 cm³/mol. The lowest BCUT2D eigenvalue weighted by atomic mass is 9.82. The van der Waals surface area contributed by atoms with Crippen molar-refractivity contribution in [1.29, 1.82) is 0 Å². The maximum Gasteiger partial charge on any atom is 0.508 e. The van der Waals surface area contributed by atoms with Gasteiger partial charge >= 0.3 is 6.16 Å². The van der Waals surface area contributed by atoms with Crippen molar-refractivity contribution in [2.75, 3.05) is 6.61 Å². The first-order chi connectivity index (χ1) is 14.7. The Morgan fingerprint density at radius 3 is 2.03 bits per heavy atom. The van der Waals surface area contributed by atoms with E-state index >= 15 is 0 Å². The van der Waals surface area contributed by atoms with Gasteiger partial charge in [0.1, 0.15) is 12.2 Å². The van der Waals surface area contributed by atoms with Crippen LogP contribution in [0.4, 0.5) is 4.79 Å². The molecule has 1 aromatic rings. The van der Waals surface area contributed by atoms with Gasteiger partial charge in [-0.15, -0.1) is 13.2 Å². The summed E-state index contributed by atoms with van der Waals surface area (Å²) < 4.78 is 16.7. The number of hydrogen-bond acceptors (Lipinski definition) is 4. The molecular formula is C26H36O4. The third kappa shape index (κ3) is 7.02. The molecule has 2 aliphatic rings. The van der Waals surface area contributed by atoms with Crippen LogP contribution < -0.4 is 0 Å². The van der Waals surface area contributed by atoms with Gasteiger partial charge in [0.25, 0.3) is 0 Å². The number of carbonyl (C=O) groups excluding carboxylic acids is 1. The van der Waals surface area contributed by atoms with Gasteiger partial charge in [-0.2, -0.15) is 0 Å². The predicted octanol–water partition coefficient (Wildman–Crippen LogP) is 6.70. The average molecular weight is 413 g/mol. The van der Waals surface area contributed by atoms with Gasteiger partial charge in [0.05, 0.1) is 13.2 Å². The molecule has 0 radical (unpaired) electrons. The van der Waals surface area contributed by atoms with Crippen LogP contribution in [-0.4, -0.2) is 25.0 Å². The van der Waals surface area contributed by atoms with Crippen molar-refractivity contribution in [2.24, 2.45) is 5.92 Å². The minimum absolute atomic E-state index is 0.0163. The second-order valence-corrected chi connectivity index (χ2v) is 8.67. The van der Waals surface area contributed by atoms with Gasteiger partial charge in [-0.3, -0.25) is 0 Å². The molecule has 0 amide bonds. The monoisotopic (exact) mass is 412 g/mol. The fraction of sp³-hybridized carbons (Fsp3) is 0.577. The molecule has 2 fully saturated rings. The van der Waals surface area contributed by atoms with Crippen LogP contribution in [0.1, 0.15) is 74.8 Å². The van der Waals surface area contributed by atoms with E-state index in [4.69, 9.17) is 14.2 Å². The Balaban J connectivity index is 1.35. The Kier molecular flexibility index (Phi) is 9.00. The summed E-state index contributed by atoms with van der Waals surface area (Å²) in [5, 5.41) is 0. The van der Waals surface area contributed by atoms with Crippen LogP contribution in [0.25, 0.3) is 0 Å². The third-order valence-electron chi connectivity index (χ3n) is 6.45. The summed E-state index contributed by atoms with van der Waals surface area (Å²) in [7, 11) is 0. The molecule has 30 heavy (non-hydrogen) atoms. The topological polar surface area (TPSA) is 44.8 Å². The summed E-state index contributed by atoms with van der Waals surface area (Å²) in [5.74, 6) is 1.23. The summed E-state index contributed by atoms with van der Waals surface area (Å²) in [6.45, 7) is 8.67. The molecule has 0 unspecified atom stereocenters. The second-order valence-electron chi connectivity index (χ2n) is 8.67. The zero-order valence-corrected chi connectivity index (χ0v) is 18.1. The fourth-order valence-corrected chi connectivity index (χ4v) is 4.68. The molecule has 0 aromatic heterocycles. The number of ether oxygens (including phenoxy) is 3. The first kappa shape index (κ1) is 22.6. The zero-order valence-electron chi connectivity index (χ0n) is 18.1. The highest BCUT2D eigenvalue weighted by molar-refractivity contribution is 5.60. The van der Waals surface area contributed by atoms with Gasteiger partial charge < -0.3 is 14.2 Å². The second kappa shape index (κ2) is 11.9. The van der Waals surface area contributed by atoms with E-state index in [1.165, 1.54) is 11.1 Å². The number of benzene rings is 1. The first-order valence-corrected chi connectivity index (χ1v) is 11.4. The van der Waals surface area contributed by atoms with E-state index in [0.717, 1.165) is 57.8 Å². The van der Waals surface area contributed by atoms with Crippen LogP contribution in [0, 0.1) is 5.92 Å². The van der Waals surface area contributed by atoms with Crippen LogP contribution in [-0.2, 0) is 20.8 Å². The van der Waals surface area contributed by atoms with Crippen molar-refractivity contribution >= 4 is 6.16 Å². The van der Waals surface area contributed by atoms with Gasteiger partial charge in [0.15, 0.2) is 0 Å². The Bertz CT molecular complexity index is 665. The van der Waals surface area contributed by atoms with Crippen LogP contribution in [0.2, 0.25) is 0 Å². The molecule has 1 aromatic carbocycles. The van der Waals surface area contributed by atoms with Crippen molar-refractivity contribution in [1.82, 2.24) is 0 Å². The number of rotatable bonds is 9. The lowest BCUT2D eigenvalue weighted by Gasteiger charge is -2.30. The molecule has 0 bridgehead atoms. The standard InChI is InChI=1S/C26H36O4/c1-3-5-20-8-14-24(15-9-20)29-26(27)30-25-16-12-23(13-17-25)22-10-6-21(7-11-22)19-28-18-4-2/h3-4,6-7,10-11,20,23-25H,1-2,5,8-9,12-19H2/t20-,23?,24-,25?. The van der Waals surface area contributed by atoms with Crippen molar-refractivity contribution < 1.29 is 19.0 Å². The van der Waals surface area contributed by atoms with E-state index in [9.17, 15) is 4.79 Å². The van der Waals surface area contributed by atoms with Crippen LogP contribution in [0.5, 0.6) is 0 Å². The highest BCUT2D eigenvalue weighted by Crippen LogP contribution is 2.35. The number of allylic oxidation sites excluding steroid dienone is 1. The van der Waals surface area contributed by atoms with E-state index < -0.39 is 6.16 Å². The molecule has 0 N–H and O–H groups in total. The van der Waals surface area contributed by atoms with Gasteiger partial charge in [0, 0.05) is 0 Å². The zero-order chi connectivity index (χ0) is 21.2. The quantitative estimate of drug-likeness (QED) is 0.257. The van der Waals surface area contributed by atoms with E-state index in [2.05, 4.69) is 37.4 Å². The van der Waals surface area contributed by atoms with Crippen LogP contribution in [0.3, 0.4) is 0 Å². The molecule has 0 saturated heterocycles. The molecule has 4 heteroatoms. The van der Waals surface area contributed by atoms with Crippen LogP contribution >= 0.6 is 0 Å². The Morgan fingerprint density at radius 1 is 0.867 bits per heavy atom. The van der Waals surface area contributed by atoms with E-state index in [0.29, 0.717) is 25.0 Å². The molecule has 3 rings (SSSR count). The Morgan fingerprint density at radius 2 is 1.47 bits per heavy atom. The molecule has 4 nitrogen and oxygen atoms in total. The molecule has 0 heterocycles. The van der Waals surface area contributed by atoms with Crippen molar-refractivity contribution in [3.05, 3.63) is 60.7 Å². The normalized spacial score (nSPS) is 26.5. The summed E-state index contributed by atoms with van der Waals surface area (Å²) >= 11 is 0. The van der Waals surface area contributed by atoms with E-state index in [-0.39, 0.29) is 12.2 Å². The fourth-order valence-electron chi connectivity index (χ4n) is 4.68. The summed E-state index contributed by atoms with van der Waals surface area (Å²) in [6.07, 6.45) is 12.3. The number of carbonyl (C=O) groups is 1. The Labute approximate surface area is 181 Å². The van der Waals surface area contributed by atoms with Gasteiger partial charge in [-0.25, -0.2) is 4.79 Å². The smallest absolute Gasteiger partial charge is 0.431 e. The highest BCUT2D eigenvalue weighted by atomic mass is 16.7. The molecule has 2 aliphatic carbocycles. The van der Waals surface area contributed by atoms with Crippen molar-refractivity contribution in [3.63, 3.8) is 0 Å². The lowest BCUT2D eigenvalue weighted by Crippen LogP contribution is -2.29. The summed E-state index contributed by atoms with van der Waals surface area (Å²) in [5.41, 5.74) is 2.54. The SMILES string of the molecule is C=CCOCc1ccc(C2CCC(OC(=O)O[C@H]3CC[C@H](CC=C)CC3)CC2)cc1. The highest BCUT2D eigenvalue weighted by Gasteiger charge is 2.28. The largest absolute Gasteiger partial charge is 0.508 e. The maximum absolute atomic E-state index is 12.2. The molecule has 0 atom stereocenters. The molecule has 0 spiro atoms. The van der Waals surface area contributed by atoms with Crippen LogP contribution in [0.15, 0.2) is 49.6 Å². The van der Waals surface area contributed by atoms with Crippen molar-refractivity contribution in [3.8, 4) is 0 Å². The molecule has 0 aliphatic heterocycles. The minimum atomic E-state index is -0.477. The summed E-state index contributed by atoms with van der Waals surface area (Å²) in [4.78, 5) is 12.2. The molecule has 2 saturated carbocycles. The lowest BCUT2D eigenvalue weighted by molar-refractivity contribution is -0.0235. The minimum Gasteiger partial charge on any atom is -0.431 e. The summed E-state index contributed by atoms with van der Waals surface area (Å²) in [6, 6.07) is 8.69. The van der Waals surface area contributed by atoms with Gasteiger partial charge in [0.2, 0.25) is 0 Å². The van der Waals surface area contributed by atoms with E-state index in [1.807, 2.05) is 6.08 Å². The third-order valence-corrected chi connectivity index (χ3v) is 6.45. The maximum atomic E-state index is 12.2. The van der Waals surface area contributed by atoms with Gasteiger partial charge in [-0.1, -0.05) is 36.4 Å². The van der Waals surface area contributed by atoms with Crippen molar-refractivity contribution in [2.45, 2.75) is 82.5 Å². The number of hydrogen-bond donors (Lipinski definition) is 0. The molecular weight excluding hydrogens is 376 g/mol. The molecule has 164 valence electrons. The Hall–Kier alpha value is -2.07.